The maximum atomic E-state index is 15.6. The first-order valence-electron chi connectivity index (χ1n) is 17.5. The van der Waals surface area contributed by atoms with E-state index >= 15 is 8.78 Å². The molecule has 3 aliphatic rings. The van der Waals surface area contributed by atoms with Crippen molar-refractivity contribution >= 4 is 75.7 Å². The lowest BCUT2D eigenvalue weighted by atomic mass is 9.33. The van der Waals surface area contributed by atoms with Crippen LogP contribution in [0.25, 0.3) is 22.3 Å². The van der Waals surface area contributed by atoms with E-state index < -0.39 is 8.07 Å². The van der Waals surface area contributed by atoms with Gasteiger partial charge in [-0.2, -0.15) is 0 Å². The van der Waals surface area contributed by atoms with Crippen molar-refractivity contribution < 1.29 is 8.78 Å². The number of para-hydroxylation sites is 2. The van der Waals surface area contributed by atoms with E-state index in [0.29, 0.717) is 11.1 Å². The lowest BCUT2D eigenvalue weighted by Gasteiger charge is -2.50. The van der Waals surface area contributed by atoms with Gasteiger partial charge in [0, 0.05) is 45.0 Å². The summed E-state index contributed by atoms with van der Waals surface area (Å²) in [6.07, 6.45) is 0. The predicted octanol–water partition coefficient (Wildman–Crippen LogP) is 8.83. The van der Waals surface area contributed by atoms with Gasteiger partial charge in [-0.3, -0.25) is 0 Å². The van der Waals surface area contributed by atoms with Crippen LogP contribution in [0.4, 0.5) is 42.9 Å². The number of aryl methyl sites for hydroxylation is 1. The van der Waals surface area contributed by atoms with Gasteiger partial charge in [0.2, 0.25) is 0 Å². The van der Waals surface area contributed by atoms with Gasteiger partial charge in [-0.1, -0.05) is 121 Å². The summed E-state index contributed by atoms with van der Waals surface area (Å²) < 4.78 is 31.2. The first-order chi connectivity index (χ1) is 24.8. The van der Waals surface area contributed by atoms with Crippen LogP contribution in [0.15, 0.2) is 146 Å². The summed E-state index contributed by atoms with van der Waals surface area (Å²) in [6.45, 7) is 7.09. The van der Waals surface area contributed by atoms with Gasteiger partial charge in [0.1, 0.15) is 19.7 Å². The Morgan fingerprint density at radius 1 is 0.431 bits per heavy atom. The summed E-state index contributed by atoms with van der Waals surface area (Å²) in [6, 6.07) is 48.7. The van der Waals surface area contributed by atoms with Gasteiger partial charge >= 0.3 is 0 Å². The van der Waals surface area contributed by atoms with Crippen molar-refractivity contribution in [3.8, 4) is 22.3 Å². The fourth-order valence-corrected chi connectivity index (χ4v) is 12.3. The molecule has 7 aromatic rings. The molecule has 0 aromatic heterocycles. The summed E-state index contributed by atoms with van der Waals surface area (Å²) in [5.41, 5.74) is 14.2. The SMILES string of the molecule is Cc1cc2c3c(c1)N(c1ccccc1-c1ccccc1F)c1cccc4c1B3c1c(cccc1[Si]4(C)C)N2c1ccccc1-c1ccccc1F. The Labute approximate surface area is 298 Å². The first kappa shape index (κ1) is 30.1. The Kier molecular flexibility index (Phi) is 6.43. The molecule has 0 atom stereocenters. The molecule has 7 aromatic carbocycles. The smallest absolute Gasteiger partial charge is 0.251 e. The fraction of sp³-hybridized carbons (Fsp3) is 0.0667. The van der Waals surface area contributed by atoms with Crippen molar-refractivity contribution in [1.29, 1.82) is 0 Å². The van der Waals surface area contributed by atoms with Crippen LogP contribution in [0.1, 0.15) is 5.56 Å². The minimum Gasteiger partial charge on any atom is -0.311 e. The topological polar surface area (TPSA) is 6.48 Å². The molecule has 0 radical (unpaired) electrons. The Hall–Kier alpha value is -5.72. The summed E-state index contributed by atoms with van der Waals surface area (Å²) in [5, 5.41) is 2.86. The number of anilines is 6. The van der Waals surface area contributed by atoms with E-state index in [1.165, 1.54) is 38.9 Å². The van der Waals surface area contributed by atoms with Crippen molar-refractivity contribution in [3.05, 3.63) is 163 Å². The van der Waals surface area contributed by atoms with E-state index in [-0.39, 0.29) is 18.3 Å². The van der Waals surface area contributed by atoms with Crippen LogP contribution in [0.5, 0.6) is 0 Å². The van der Waals surface area contributed by atoms with Crippen LogP contribution in [0.3, 0.4) is 0 Å². The van der Waals surface area contributed by atoms with Gasteiger partial charge < -0.3 is 9.80 Å². The van der Waals surface area contributed by atoms with Crippen LogP contribution < -0.4 is 36.6 Å². The van der Waals surface area contributed by atoms with Gasteiger partial charge in [0.25, 0.3) is 6.71 Å². The first-order valence-corrected chi connectivity index (χ1v) is 20.5. The molecule has 0 aliphatic carbocycles. The summed E-state index contributed by atoms with van der Waals surface area (Å²) in [7, 11) is -2.23. The second-order valence-corrected chi connectivity index (χ2v) is 18.7. The second-order valence-electron chi connectivity index (χ2n) is 14.4. The molecule has 0 fully saturated rings. The Morgan fingerprint density at radius 3 is 1.27 bits per heavy atom. The van der Waals surface area contributed by atoms with E-state index in [1.807, 2.05) is 60.7 Å². The molecule has 10 rings (SSSR count). The maximum absolute atomic E-state index is 15.6. The molecule has 51 heavy (non-hydrogen) atoms. The third kappa shape index (κ3) is 4.14. The van der Waals surface area contributed by atoms with Crippen molar-refractivity contribution in [2.24, 2.45) is 0 Å². The molecule has 0 saturated carbocycles. The minimum absolute atomic E-state index is 0.0160. The van der Waals surface area contributed by atoms with Crippen LogP contribution in [0, 0.1) is 18.6 Å². The molecule has 2 nitrogen and oxygen atoms in total. The molecule has 0 spiro atoms. The molecule has 0 bridgehead atoms. The van der Waals surface area contributed by atoms with Gasteiger partial charge in [0.05, 0.1) is 11.4 Å². The summed E-state index contributed by atoms with van der Waals surface area (Å²) >= 11 is 0. The number of rotatable bonds is 4. The molecule has 0 saturated heterocycles. The van der Waals surface area contributed by atoms with E-state index in [1.54, 1.807) is 12.1 Å². The highest BCUT2D eigenvalue weighted by Gasteiger charge is 2.51. The van der Waals surface area contributed by atoms with E-state index in [0.717, 1.165) is 50.8 Å². The van der Waals surface area contributed by atoms with E-state index in [2.05, 4.69) is 90.5 Å². The lowest BCUT2D eigenvalue weighted by molar-refractivity contribution is 0.631. The van der Waals surface area contributed by atoms with Gasteiger partial charge in [-0.05, 0) is 77.4 Å². The maximum Gasteiger partial charge on any atom is 0.251 e. The molecule has 6 heteroatoms. The monoisotopic (exact) mass is 678 g/mol. The average molecular weight is 679 g/mol. The molecular weight excluding hydrogens is 645 g/mol. The minimum atomic E-state index is -2.23. The van der Waals surface area contributed by atoms with Crippen molar-refractivity contribution in [3.63, 3.8) is 0 Å². The molecule has 0 amide bonds. The summed E-state index contributed by atoms with van der Waals surface area (Å²) in [5.74, 6) is -0.492. The van der Waals surface area contributed by atoms with Gasteiger partial charge in [-0.15, -0.1) is 0 Å². The van der Waals surface area contributed by atoms with Crippen LogP contribution in [-0.2, 0) is 0 Å². The average Bonchev–Trinajstić information content (AvgIpc) is 3.14. The third-order valence-electron chi connectivity index (χ3n) is 11.2. The normalized spacial score (nSPS) is 14.4. The standard InChI is InChI=1S/C45H33BF2N2Si/c1-28-26-39-43-40(27-28)50(36-21-11-7-17-32(36)30-15-5-9-19-34(30)48)38-23-13-25-42-45(38)46(43)44-37(22-12-24-41(44)51(42,2)3)49(39)35-20-10-6-16-31(35)29-14-4-8-18-33(29)47/h4-27H,1-3H3. The molecule has 3 aliphatic heterocycles. The second kappa shape index (κ2) is 10.9. The quantitative estimate of drug-likeness (QED) is 0.172. The largest absolute Gasteiger partial charge is 0.311 e. The van der Waals surface area contributed by atoms with E-state index in [9.17, 15) is 0 Å². The Bertz CT molecular complexity index is 2430. The predicted molar refractivity (Wildman–Crippen MR) is 213 cm³/mol. The number of benzene rings is 7. The zero-order chi connectivity index (χ0) is 34.6. The lowest BCUT2D eigenvalue weighted by Crippen LogP contribution is -2.79. The van der Waals surface area contributed by atoms with Crippen molar-refractivity contribution in [2.45, 2.75) is 20.0 Å². The number of hydrogen-bond acceptors (Lipinski definition) is 2. The third-order valence-corrected chi connectivity index (χ3v) is 14.8. The van der Waals surface area contributed by atoms with Crippen molar-refractivity contribution in [1.82, 2.24) is 0 Å². The van der Waals surface area contributed by atoms with Crippen LogP contribution in [-0.4, -0.2) is 14.8 Å². The van der Waals surface area contributed by atoms with Gasteiger partial charge in [-0.25, -0.2) is 8.78 Å². The highest BCUT2D eigenvalue weighted by atomic mass is 28.3. The fourth-order valence-electron chi connectivity index (χ4n) is 9.13. The highest BCUT2D eigenvalue weighted by Crippen LogP contribution is 2.48. The van der Waals surface area contributed by atoms with Crippen LogP contribution in [0.2, 0.25) is 13.1 Å². The van der Waals surface area contributed by atoms with E-state index in [4.69, 9.17) is 0 Å². The number of nitrogens with zero attached hydrogens (tertiary/aromatic N) is 2. The Morgan fingerprint density at radius 2 is 0.824 bits per heavy atom. The van der Waals surface area contributed by atoms with Crippen molar-refractivity contribution in [2.75, 3.05) is 9.80 Å². The van der Waals surface area contributed by atoms with Crippen LogP contribution >= 0.6 is 0 Å². The molecule has 244 valence electrons. The zero-order valence-corrected chi connectivity index (χ0v) is 29.6. The highest BCUT2D eigenvalue weighted by molar-refractivity contribution is 7.16. The molecule has 0 N–H and O–H groups in total. The molecular formula is C45H33BF2N2Si. The number of hydrogen-bond donors (Lipinski definition) is 0. The number of halogens is 2. The zero-order valence-electron chi connectivity index (χ0n) is 28.6. The molecule has 3 heterocycles. The molecule has 0 unspecified atom stereocenters. The summed E-state index contributed by atoms with van der Waals surface area (Å²) in [4.78, 5) is 4.76. The van der Waals surface area contributed by atoms with Gasteiger partial charge in [0.15, 0.2) is 0 Å². The Balaban J connectivity index is 1.34.